The van der Waals surface area contributed by atoms with Crippen LogP contribution in [0, 0.1) is 0 Å². The smallest absolute Gasteiger partial charge is 0.303 e. The van der Waals surface area contributed by atoms with Crippen LogP contribution in [-0.4, -0.2) is 46.7 Å². The first-order valence-corrected chi connectivity index (χ1v) is 6.02. The number of piperazine rings is 1. The van der Waals surface area contributed by atoms with Crippen molar-refractivity contribution >= 4 is 5.97 Å². The molecule has 16 heavy (non-hydrogen) atoms. The normalized spacial score (nSPS) is 28.0. The van der Waals surface area contributed by atoms with Crippen LogP contribution in [0.15, 0.2) is 0 Å². The van der Waals surface area contributed by atoms with Crippen molar-refractivity contribution in [2.75, 3.05) is 13.1 Å². The Balaban J connectivity index is 2.61. The number of hydrogen-bond acceptors (Lipinski definition) is 3. The molecule has 0 saturated carbocycles. The molecule has 1 heterocycles. The van der Waals surface area contributed by atoms with Crippen molar-refractivity contribution in [3.63, 3.8) is 0 Å². The maximum Gasteiger partial charge on any atom is 0.303 e. The molecular formula is C12H24N2O2. The Bertz CT molecular complexity index is 248. The lowest BCUT2D eigenvalue weighted by molar-refractivity contribution is -0.137. The quantitative estimate of drug-likeness (QED) is 0.765. The number of nitrogens with zero attached hydrogens (tertiary/aromatic N) is 1. The van der Waals surface area contributed by atoms with E-state index in [-0.39, 0.29) is 12.0 Å². The summed E-state index contributed by atoms with van der Waals surface area (Å²) in [6.45, 7) is 10.6. The molecule has 1 saturated heterocycles. The molecule has 0 aromatic rings. The summed E-state index contributed by atoms with van der Waals surface area (Å²) in [7, 11) is 0. The molecule has 1 aliphatic heterocycles. The van der Waals surface area contributed by atoms with Crippen LogP contribution in [0.3, 0.4) is 0 Å². The van der Waals surface area contributed by atoms with Crippen LogP contribution < -0.4 is 5.32 Å². The first-order valence-electron chi connectivity index (χ1n) is 6.02. The first kappa shape index (κ1) is 13.5. The van der Waals surface area contributed by atoms with Gasteiger partial charge in [-0.25, -0.2) is 0 Å². The maximum absolute atomic E-state index is 10.6. The minimum Gasteiger partial charge on any atom is -0.481 e. The molecule has 2 N–H and O–H groups in total. The topological polar surface area (TPSA) is 52.6 Å². The van der Waals surface area contributed by atoms with Gasteiger partial charge < -0.3 is 10.4 Å². The van der Waals surface area contributed by atoms with Crippen molar-refractivity contribution in [3.05, 3.63) is 0 Å². The van der Waals surface area contributed by atoms with Crippen LogP contribution in [-0.2, 0) is 4.79 Å². The third-order valence-electron chi connectivity index (χ3n) is 3.17. The van der Waals surface area contributed by atoms with E-state index in [9.17, 15) is 4.79 Å². The monoisotopic (exact) mass is 228 g/mol. The zero-order chi connectivity index (χ0) is 12.3. The van der Waals surface area contributed by atoms with Crippen molar-refractivity contribution in [2.45, 2.75) is 58.2 Å². The standard InChI is InChI=1S/C12H24N2O2/c1-9-8-14(12(2,3)4)10(7-13-9)5-6-11(15)16/h9-10,13H,5-8H2,1-4H3,(H,15,16). The van der Waals surface area contributed by atoms with Gasteiger partial charge in [0.25, 0.3) is 0 Å². The fraction of sp³-hybridized carbons (Fsp3) is 0.917. The summed E-state index contributed by atoms with van der Waals surface area (Å²) < 4.78 is 0. The summed E-state index contributed by atoms with van der Waals surface area (Å²) >= 11 is 0. The van der Waals surface area contributed by atoms with E-state index in [0.717, 1.165) is 19.5 Å². The first-order chi connectivity index (χ1) is 7.30. The second kappa shape index (κ2) is 5.15. The molecule has 0 spiro atoms. The SMILES string of the molecule is CC1CN(C(C)(C)C)C(CCC(=O)O)CN1. The van der Waals surface area contributed by atoms with Gasteiger partial charge in [0.15, 0.2) is 0 Å². The average Bonchev–Trinajstić information content (AvgIpc) is 2.14. The van der Waals surface area contributed by atoms with Gasteiger partial charge in [0.05, 0.1) is 0 Å². The lowest BCUT2D eigenvalue weighted by Crippen LogP contribution is -2.61. The third kappa shape index (κ3) is 3.76. The second-order valence-corrected chi connectivity index (χ2v) is 5.72. The van der Waals surface area contributed by atoms with Crippen molar-refractivity contribution in [1.82, 2.24) is 10.2 Å². The van der Waals surface area contributed by atoms with Crippen molar-refractivity contribution in [3.8, 4) is 0 Å². The highest BCUT2D eigenvalue weighted by molar-refractivity contribution is 5.66. The highest BCUT2D eigenvalue weighted by Crippen LogP contribution is 2.22. The van der Waals surface area contributed by atoms with E-state index in [0.29, 0.717) is 12.1 Å². The minimum absolute atomic E-state index is 0.111. The molecule has 1 rings (SSSR count). The Morgan fingerprint density at radius 2 is 2.12 bits per heavy atom. The molecule has 0 aliphatic carbocycles. The van der Waals surface area contributed by atoms with Gasteiger partial charge in [0, 0.05) is 37.1 Å². The number of carboxylic acids is 1. The molecular weight excluding hydrogens is 204 g/mol. The van der Waals surface area contributed by atoms with Crippen LogP contribution >= 0.6 is 0 Å². The van der Waals surface area contributed by atoms with Crippen LogP contribution in [0.2, 0.25) is 0 Å². The van der Waals surface area contributed by atoms with Gasteiger partial charge in [-0.1, -0.05) is 0 Å². The number of carboxylic acid groups (broad SMARTS) is 1. The molecule has 0 amide bonds. The van der Waals surface area contributed by atoms with Gasteiger partial charge in [0.1, 0.15) is 0 Å². The highest BCUT2D eigenvalue weighted by atomic mass is 16.4. The molecule has 1 aliphatic rings. The van der Waals surface area contributed by atoms with Crippen LogP contribution in [0.1, 0.15) is 40.5 Å². The lowest BCUT2D eigenvalue weighted by atomic mass is 9.96. The Morgan fingerprint density at radius 1 is 1.50 bits per heavy atom. The van der Waals surface area contributed by atoms with Crippen molar-refractivity contribution in [1.29, 1.82) is 0 Å². The molecule has 0 bridgehead atoms. The fourth-order valence-corrected chi connectivity index (χ4v) is 2.33. The summed E-state index contributed by atoms with van der Waals surface area (Å²) in [5.74, 6) is -0.701. The summed E-state index contributed by atoms with van der Waals surface area (Å²) in [6, 6.07) is 0.826. The number of hydrogen-bond donors (Lipinski definition) is 2. The van der Waals surface area contributed by atoms with E-state index in [2.05, 4.69) is 37.9 Å². The van der Waals surface area contributed by atoms with Crippen molar-refractivity contribution < 1.29 is 9.90 Å². The zero-order valence-corrected chi connectivity index (χ0v) is 10.8. The van der Waals surface area contributed by atoms with E-state index in [1.54, 1.807) is 0 Å². The number of carbonyl (C=O) groups is 1. The summed E-state index contributed by atoms with van der Waals surface area (Å²) in [5.41, 5.74) is 0.111. The molecule has 2 unspecified atom stereocenters. The molecule has 0 radical (unpaired) electrons. The summed E-state index contributed by atoms with van der Waals surface area (Å²) in [5, 5.41) is 12.2. The molecule has 0 aromatic carbocycles. The van der Waals surface area contributed by atoms with Gasteiger partial charge in [-0.05, 0) is 34.1 Å². The van der Waals surface area contributed by atoms with E-state index in [4.69, 9.17) is 5.11 Å². The van der Waals surface area contributed by atoms with E-state index < -0.39 is 5.97 Å². The largest absolute Gasteiger partial charge is 0.481 e. The van der Waals surface area contributed by atoms with Gasteiger partial charge >= 0.3 is 5.97 Å². The zero-order valence-electron chi connectivity index (χ0n) is 10.8. The van der Waals surface area contributed by atoms with E-state index in [1.807, 2.05) is 0 Å². The second-order valence-electron chi connectivity index (χ2n) is 5.72. The highest BCUT2D eigenvalue weighted by Gasteiger charge is 2.33. The number of rotatable bonds is 3. The van der Waals surface area contributed by atoms with E-state index in [1.165, 1.54) is 0 Å². The molecule has 4 nitrogen and oxygen atoms in total. The van der Waals surface area contributed by atoms with Gasteiger partial charge in [0.2, 0.25) is 0 Å². The Labute approximate surface area is 98.0 Å². The number of aliphatic carboxylic acids is 1. The van der Waals surface area contributed by atoms with Gasteiger partial charge in [-0.15, -0.1) is 0 Å². The summed E-state index contributed by atoms with van der Waals surface area (Å²) in [6.07, 6.45) is 0.986. The maximum atomic E-state index is 10.6. The average molecular weight is 228 g/mol. The minimum atomic E-state index is -0.701. The Morgan fingerprint density at radius 3 is 2.62 bits per heavy atom. The predicted molar refractivity (Wildman–Crippen MR) is 64.6 cm³/mol. The van der Waals surface area contributed by atoms with Crippen LogP contribution in [0.5, 0.6) is 0 Å². The Kier molecular flexibility index (Phi) is 4.33. The molecule has 1 fully saturated rings. The van der Waals surface area contributed by atoms with E-state index >= 15 is 0 Å². The fourth-order valence-electron chi connectivity index (χ4n) is 2.33. The van der Waals surface area contributed by atoms with Crippen LogP contribution in [0.25, 0.3) is 0 Å². The molecule has 2 atom stereocenters. The third-order valence-corrected chi connectivity index (χ3v) is 3.17. The summed E-state index contributed by atoms with van der Waals surface area (Å²) in [4.78, 5) is 13.1. The lowest BCUT2D eigenvalue weighted by Gasteiger charge is -2.47. The molecule has 0 aromatic heterocycles. The Hall–Kier alpha value is -0.610. The van der Waals surface area contributed by atoms with Gasteiger partial charge in [-0.3, -0.25) is 9.69 Å². The van der Waals surface area contributed by atoms with Gasteiger partial charge in [-0.2, -0.15) is 0 Å². The van der Waals surface area contributed by atoms with Crippen LogP contribution in [0.4, 0.5) is 0 Å². The molecule has 94 valence electrons. The molecule has 4 heteroatoms. The number of nitrogens with one attached hydrogen (secondary N) is 1. The predicted octanol–water partition coefficient (Wildman–Crippen LogP) is 1.31. The van der Waals surface area contributed by atoms with Crippen molar-refractivity contribution in [2.24, 2.45) is 0 Å².